The number of carbonyl (C=O) groups is 1. The first-order valence-corrected chi connectivity index (χ1v) is 3.36. The van der Waals surface area contributed by atoms with E-state index in [0.717, 1.165) is 4.90 Å². The van der Waals surface area contributed by atoms with E-state index >= 15 is 0 Å². The molecule has 0 radical (unpaired) electrons. The maximum Gasteiger partial charge on any atom is 0.263 e. The molecule has 4 heteroatoms. The third kappa shape index (κ3) is 2.42. The number of halogens is 2. The maximum absolute atomic E-state index is 10.8. The Bertz CT molecular complexity index is 148. The van der Waals surface area contributed by atoms with Crippen molar-refractivity contribution < 1.29 is 4.79 Å². The van der Waals surface area contributed by atoms with E-state index in [1.54, 1.807) is 0 Å². The topological polar surface area (TPSA) is 20.3 Å². The molecule has 0 heterocycles. The molecule has 56 valence electrons. The Morgan fingerprint density at radius 2 is 1.80 bits per heavy atom. The van der Waals surface area contributed by atoms with Gasteiger partial charge in [0.1, 0.15) is 0 Å². The first-order chi connectivity index (χ1) is 4.63. The van der Waals surface area contributed by atoms with Crippen LogP contribution in [0.2, 0.25) is 0 Å². The average Bonchev–Trinajstić information content (AvgIpc) is 1.90. The van der Waals surface area contributed by atoms with Crippen molar-refractivity contribution in [3.63, 3.8) is 0 Å². The summed E-state index contributed by atoms with van der Waals surface area (Å²) in [4.78, 5) is 10.9. The molecule has 0 bridgehead atoms. The van der Waals surface area contributed by atoms with E-state index in [-0.39, 0.29) is 0 Å². The summed E-state index contributed by atoms with van der Waals surface area (Å²) < 4.78 is 0. The smallest absolute Gasteiger partial charge is 0.263 e. The molecule has 0 saturated carbocycles. The van der Waals surface area contributed by atoms with Gasteiger partial charge in [-0.25, -0.2) is 0 Å². The van der Waals surface area contributed by atoms with E-state index in [1.165, 1.54) is 12.4 Å². The molecule has 0 aliphatic heterocycles. The Kier molecular flexibility index (Phi) is 4.16. The molecule has 0 aliphatic rings. The molecule has 0 aromatic carbocycles. The minimum absolute atomic E-state index is 0.451. The zero-order valence-corrected chi connectivity index (χ0v) is 6.77. The average molecular weight is 180 g/mol. The quantitative estimate of drug-likeness (QED) is 0.607. The molecule has 0 fully saturated rings. The van der Waals surface area contributed by atoms with Gasteiger partial charge in [-0.15, -0.1) is 0 Å². The van der Waals surface area contributed by atoms with E-state index in [4.69, 9.17) is 23.2 Å². The van der Waals surface area contributed by atoms with Crippen molar-refractivity contribution >= 4 is 29.1 Å². The van der Waals surface area contributed by atoms with E-state index in [0.29, 0.717) is 0 Å². The lowest BCUT2D eigenvalue weighted by Crippen LogP contribution is -2.24. The number of rotatable bonds is 3. The standard InChI is InChI=1S/C6H7Cl2NO/c1-3-9(4-2)6(10)5(7)8/h3-5H,1-2H2. The SMILES string of the molecule is C=CN(C=C)C(=O)C(Cl)Cl. The fourth-order valence-electron chi connectivity index (χ4n) is 0.367. The van der Waals surface area contributed by atoms with Crippen molar-refractivity contribution in [3.05, 3.63) is 25.6 Å². The third-order valence-corrected chi connectivity index (χ3v) is 1.21. The van der Waals surface area contributed by atoms with Crippen molar-refractivity contribution in [3.8, 4) is 0 Å². The largest absolute Gasteiger partial charge is 0.294 e. The molecule has 0 spiro atoms. The number of carbonyl (C=O) groups excluding carboxylic acids is 1. The highest BCUT2D eigenvalue weighted by Crippen LogP contribution is 2.06. The fourth-order valence-corrected chi connectivity index (χ4v) is 0.593. The van der Waals surface area contributed by atoms with Crippen LogP contribution in [0.5, 0.6) is 0 Å². The van der Waals surface area contributed by atoms with Gasteiger partial charge in [0.15, 0.2) is 4.84 Å². The summed E-state index contributed by atoms with van der Waals surface area (Å²) in [5.41, 5.74) is 0. The Morgan fingerprint density at radius 3 is 1.90 bits per heavy atom. The van der Waals surface area contributed by atoms with Gasteiger partial charge in [-0.1, -0.05) is 36.4 Å². The molecular formula is C6H7Cl2NO. The van der Waals surface area contributed by atoms with Crippen LogP contribution in [0.3, 0.4) is 0 Å². The Balaban J connectivity index is 4.15. The minimum Gasteiger partial charge on any atom is -0.294 e. The normalized spacial score (nSPS) is 9.10. The number of alkyl halides is 2. The molecule has 0 N–H and O–H groups in total. The number of hydrogen-bond donors (Lipinski definition) is 0. The number of nitrogens with zero attached hydrogens (tertiary/aromatic N) is 1. The van der Waals surface area contributed by atoms with Crippen molar-refractivity contribution in [2.45, 2.75) is 4.84 Å². The zero-order valence-electron chi connectivity index (χ0n) is 5.26. The van der Waals surface area contributed by atoms with Gasteiger partial charge >= 0.3 is 0 Å². The molecule has 0 aromatic heterocycles. The second kappa shape index (κ2) is 4.36. The van der Waals surface area contributed by atoms with Crippen LogP contribution in [0.4, 0.5) is 0 Å². The molecule has 0 saturated heterocycles. The van der Waals surface area contributed by atoms with E-state index < -0.39 is 10.7 Å². The highest BCUT2D eigenvalue weighted by molar-refractivity contribution is 6.53. The monoisotopic (exact) mass is 179 g/mol. The molecule has 1 amide bonds. The molecule has 2 nitrogen and oxygen atoms in total. The molecule has 0 aliphatic carbocycles. The van der Waals surface area contributed by atoms with Crippen molar-refractivity contribution in [1.29, 1.82) is 0 Å². The summed E-state index contributed by atoms with van der Waals surface area (Å²) >= 11 is 10.5. The molecule has 0 rings (SSSR count). The van der Waals surface area contributed by atoms with Gasteiger partial charge < -0.3 is 0 Å². The van der Waals surface area contributed by atoms with Gasteiger partial charge in [-0.3, -0.25) is 9.69 Å². The predicted octanol–water partition coefficient (Wildman–Crippen LogP) is 1.91. The van der Waals surface area contributed by atoms with Crippen LogP contribution >= 0.6 is 23.2 Å². The summed E-state index contributed by atoms with van der Waals surface area (Å²) in [6, 6.07) is 0. The van der Waals surface area contributed by atoms with Crippen LogP contribution in [0.1, 0.15) is 0 Å². The lowest BCUT2D eigenvalue weighted by atomic mass is 10.6. The Hall–Kier alpha value is -0.470. The van der Waals surface area contributed by atoms with Gasteiger partial charge in [-0.05, 0) is 0 Å². The molecular weight excluding hydrogens is 173 g/mol. The van der Waals surface area contributed by atoms with Gasteiger partial charge in [0.2, 0.25) is 0 Å². The third-order valence-electron chi connectivity index (χ3n) is 0.835. The molecule has 0 atom stereocenters. The molecule has 10 heavy (non-hydrogen) atoms. The lowest BCUT2D eigenvalue weighted by Gasteiger charge is -2.11. The van der Waals surface area contributed by atoms with E-state index in [1.807, 2.05) is 0 Å². The van der Waals surface area contributed by atoms with Crippen LogP contribution in [-0.2, 0) is 4.79 Å². The van der Waals surface area contributed by atoms with Crippen molar-refractivity contribution in [2.75, 3.05) is 0 Å². The summed E-state index contributed by atoms with van der Waals surface area (Å²) in [5.74, 6) is -0.451. The van der Waals surface area contributed by atoms with Crippen LogP contribution < -0.4 is 0 Å². The number of hydrogen-bond acceptors (Lipinski definition) is 1. The Morgan fingerprint density at radius 1 is 1.40 bits per heavy atom. The lowest BCUT2D eigenvalue weighted by molar-refractivity contribution is -0.124. The van der Waals surface area contributed by atoms with Crippen molar-refractivity contribution in [1.82, 2.24) is 4.90 Å². The van der Waals surface area contributed by atoms with Crippen LogP contribution in [0, 0.1) is 0 Å². The van der Waals surface area contributed by atoms with Crippen molar-refractivity contribution in [2.24, 2.45) is 0 Å². The predicted molar refractivity (Wildman–Crippen MR) is 42.7 cm³/mol. The maximum atomic E-state index is 10.8. The summed E-state index contributed by atoms with van der Waals surface area (Å²) in [7, 11) is 0. The van der Waals surface area contributed by atoms with Gasteiger partial charge in [0.05, 0.1) is 0 Å². The summed E-state index contributed by atoms with van der Waals surface area (Å²) in [5, 5.41) is 0. The summed E-state index contributed by atoms with van der Waals surface area (Å²) in [6.07, 6.45) is 2.57. The highest BCUT2D eigenvalue weighted by atomic mass is 35.5. The first kappa shape index (κ1) is 9.53. The van der Waals surface area contributed by atoms with Crippen LogP contribution in [-0.4, -0.2) is 15.6 Å². The number of amides is 1. The first-order valence-electron chi connectivity index (χ1n) is 2.49. The zero-order chi connectivity index (χ0) is 8.15. The summed E-state index contributed by atoms with van der Waals surface area (Å²) in [6.45, 7) is 6.70. The van der Waals surface area contributed by atoms with E-state index in [9.17, 15) is 4.79 Å². The Labute approximate surface area is 69.7 Å². The molecule has 0 unspecified atom stereocenters. The highest BCUT2D eigenvalue weighted by Gasteiger charge is 2.14. The van der Waals surface area contributed by atoms with Crippen LogP contribution in [0.15, 0.2) is 25.6 Å². The van der Waals surface area contributed by atoms with Gasteiger partial charge in [0.25, 0.3) is 5.91 Å². The second-order valence-electron chi connectivity index (χ2n) is 1.41. The molecule has 0 aromatic rings. The van der Waals surface area contributed by atoms with Crippen LogP contribution in [0.25, 0.3) is 0 Å². The van der Waals surface area contributed by atoms with Gasteiger partial charge in [-0.2, -0.15) is 0 Å². The fraction of sp³-hybridized carbons (Fsp3) is 0.167. The van der Waals surface area contributed by atoms with E-state index in [2.05, 4.69) is 13.2 Å². The minimum atomic E-state index is -1.06. The second-order valence-corrected chi connectivity index (χ2v) is 2.51. The van der Waals surface area contributed by atoms with Gasteiger partial charge in [0, 0.05) is 12.4 Å².